The first-order valence-electron chi connectivity index (χ1n) is 5.80. The van der Waals surface area contributed by atoms with Crippen LogP contribution in [0.15, 0.2) is 23.1 Å². The molecule has 1 fully saturated rings. The molecule has 0 saturated heterocycles. The van der Waals surface area contributed by atoms with E-state index in [-0.39, 0.29) is 15.5 Å². The molecule has 2 rings (SSSR count). The molecule has 0 atom stereocenters. The van der Waals surface area contributed by atoms with E-state index < -0.39 is 21.5 Å². The summed E-state index contributed by atoms with van der Waals surface area (Å²) in [4.78, 5) is 10.7. The average Bonchev–Trinajstić information content (AvgIpc) is 2.26. The van der Waals surface area contributed by atoms with Crippen LogP contribution in [0.1, 0.15) is 36.5 Å². The summed E-state index contributed by atoms with van der Waals surface area (Å²) >= 11 is 5.86. The summed E-state index contributed by atoms with van der Waals surface area (Å²) in [5.41, 5.74) is -0.565. The van der Waals surface area contributed by atoms with Crippen LogP contribution in [0.4, 0.5) is 0 Å². The van der Waals surface area contributed by atoms with E-state index in [1.807, 2.05) is 6.92 Å². The second-order valence-electron chi connectivity index (χ2n) is 4.97. The summed E-state index contributed by atoms with van der Waals surface area (Å²) in [6.07, 6.45) is 2.51. The van der Waals surface area contributed by atoms with E-state index in [0.717, 1.165) is 25.3 Å². The van der Waals surface area contributed by atoms with Gasteiger partial charge in [-0.05, 0) is 44.4 Å². The van der Waals surface area contributed by atoms with Gasteiger partial charge in [-0.25, -0.2) is 17.9 Å². The lowest BCUT2D eigenvalue weighted by molar-refractivity contribution is 0.0696. The number of hydrogen-bond donors (Lipinski definition) is 2. The fourth-order valence-corrected chi connectivity index (χ4v) is 4.02. The van der Waals surface area contributed by atoms with Crippen molar-refractivity contribution in [1.29, 1.82) is 0 Å². The number of carboxylic acid groups (broad SMARTS) is 1. The van der Waals surface area contributed by atoms with Crippen molar-refractivity contribution in [1.82, 2.24) is 4.72 Å². The fourth-order valence-electron chi connectivity index (χ4n) is 2.03. The van der Waals surface area contributed by atoms with Crippen LogP contribution in [-0.2, 0) is 10.0 Å². The van der Waals surface area contributed by atoms with E-state index in [1.54, 1.807) is 0 Å². The Morgan fingerprint density at radius 2 is 2.05 bits per heavy atom. The highest BCUT2D eigenvalue weighted by molar-refractivity contribution is 7.89. The standard InChI is InChI=1S/C12H14ClNO4S/c1-12(5-2-6-12)14-19(17,18)10-7-8(11(15)16)3-4-9(10)13/h3-4,7,14H,2,5-6H2,1H3,(H,15,16). The third kappa shape index (κ3) is 2.91. The lowest BCUT2D eigenvalue weighted by Gasteiger charge is -2.38. The molecule has 1 aliphatic rings. The molecule has 0 aromatic heterocycles. The number of nitrogens with one attached hydrogen (secondary N) is 1. The summed E-state index contributed by atoms with van der Waals surface area (Å²) in [6.45, 7) is 1.82. The summed E-state index contributed by atoms with van der Waals surface area (Å²) < 4.78 is 27.1. The highest BCUT2D eigenvalue weighted by atomic mass is 35.5. The number of aromatic carboxylic acids is 1. The van der Waals surface area contributed by atoms with Gasteiger partial charge in [-0.1, -0.05) is 11.6 Å². The predicted molar refractivity (Wildman–Crippen MR) is 71.0 cm³/mol. The van der Waals surface area contributed by atoms with Crippen molar-refractivity contribution < 1.29 is 18.3 Å². The number of sulfonamides is 1. The minimum Gasteiger partial charge on any atom is -0.478 e. The Morgan fingerprint density at radius 1 is 1.42 bits per heavy atom. The largest absolute Gasteiger partial charge is 0.478 e. The van der Waals surface area contributed by atoms with Crippen molar-refractivity contribution in [3.8, 4) is 0 Å². The lowest BCUT2D eigenvalue weighted by atomic mass is 9.80. The molecule has 19 heavy (non-hydrogen) atoms. The maximum atomic E-state index is 12.2. The van der Waals surface area contributed by atoms with E-state index in [1.165, 1.54) is 12.1 Å². The van der Waals surface area contributed by atoms with Gasteiger partial charge in [0.05, 0.1) is 10.6 Å². The van der Waals surface area contributed by atoms with Crippen LogP contribution >= 0.6 is 11.6 Å². The van der Waals surface area contributed by atoms with Crippen molar-refractivity contribution in [2.45, 2.75) is 36.6 Å². The third-order valence-corrected chi connectivity index (χ3v) is 5.43. The first-order valence-corrected chi connectivity index (χ1v) is 7.66. The Kier molecular flexibility index (Phi) is 3.59. The van der Waals surface area contributed by atoms with Gasteiger partial charge in [-0.15, -0.1) is 0 Å². The monoisotopic (exact) mass is 303 g/mol. The lowest BCUT2D eigenvalue weighted by Crippen LogP contribution is -2.50. The van der Waals surface area contributed by atoms with E-state index in [0.29, 0.717) is 0 Å². The summed E-state index contributed by atoms with van der Waals surface area (Å²) in [5, 5.41) is 8.91. The zero-order valence-corrected chi connectivity index (χ0v) is 11.9. The molecule has 104 valence electrons. The van der Waals surface area contributed by atoms with Gasteiger partial charge in [0.2, 0.25) is 10.0 Å². The van der Waals surface area contributed by atoms with Crippen LogP contribution in [0.3, 0.4) is 0 Å². The summed E-state index contributed by atoms with van der Waals surface area (Å²) in [6, 6.07) is 3.63. The third-order valence-electron chi connectivity index (χ3n) is 3.31. The first kappa shape index (κ1) is 14.3. The van der Waals surface area contributed by atoms with Crippen molar-refractivity contribution in [3.63, 3.8) is 0 Å². The van der Waals surface area contributed by atoms with E-state index in [9.17, 15) is 13.2 Å². The van der Waals surface area contributed by atoms with Gasteiger partial charge in [0, 0.05) is 5.54 Å². The SMILES string of the molecule is CC1(NS(=O)(=O)c2cc(C(=O)O)ccc2Cl)CCC1. The molecule has 2 N–H and O–H groups in total. The van der Waals surface area contributed by atoms with Crippen molar-refractivity contribution in [2.24, 2.45) is 0 Å². The Balaban J connectivity index is 2.39. The number of rotatable bonds is 4. The maximum absolute atomic E-state index is 12.2. The van der Waals surface area contributed by atoms with Gasteiger partial charge in [-0.3, -0.25) is 0 Å². The highest BCUT2D eigenvalue weighted by Crippen LogP contribution is 2.33. The van der Waals surface area contributed by atoms with Gasteiger partial charge >= 0.3 is 5.97 Å². The van der Waals surface area contributed by atoms with Crippen LogP contribution in [0.25, 0.3) is 0 Å². The van der Waals surface area contributed by atoms with E-state index in [2.05, 4.69) is 4.72 Å². The number of hydrogen-bond acceptors (Lipinski definition) is 3. The van der Waals surface area contributed by atoms with Crippen LogP contribution in [0.5, 0.6) is 0 Å². The van der Waals surface area contributed by atoms with Crippen molar-refractivity contribution in [3.05, 3.63) is 28.8 Å². The fraction of sp³-hybridized carbons (Fsp3) is 0.417. The zero-order valence-electron chi connectivity index (χ0n) is 10.3. The van der Waals surface area contributed by atoms with Crippen molar-refractivity contribution >= 4 is 27.6 Å². The normalized spacial score (nSPS) is 17.8. The average molecular weight is 304 g/mol. The Bertz CT molecular complexity index is 623. The van der Waals surface area contributed by atoms with Crippen LogP contribution in [0.2, 0.25) is 5.02 Å². The molecule has 0 heterocycles. The molecule has 1 aromatic rings. The number of carbonyl (C=O) groups is 1. The molecule has 0 spiro atoms. The molecular formula is C12H14ClNO4S. The van der Waals surface area contributed by atoms with Crippen LogP contribution in [0, 0.1) is 0 Å². The molecule has 1 aromatic carbocycles. The summed E-state index contributed by atoms with van der Waals surface area (Å²) in [5.74, 6) is -1.19. The number of carboxylic acids is 1. The first-order chi connectivity index (χ1) is 8.73. The minimum absolute atomic E-state index is 0.0143. The molecular weight excluding hydrogens is 290 g/mol. The van der Waals surface area contributed by atoms with Gasteiger partial charge in [0.1, 0.15) is 4.90 Å². The minimum atomic E-state index is -3.81. The molecule has 0 radical (unpaired) electrons. The van der Waals surface area contributed by atoms with Gasteiger partial charge in [0.15, 0.2) is 0 Å². The predicted octanol–water partition coefficient (Wildman–Crippen LogP) is 2.26. The number of benzene rings is 1. The topological polar surface area (TPSA) is 83.5 Å². The maximum Gasteiger partial charge on any atom is 0.335 e. The van der Waals surface area contributed by atoms with Gasteiger partial charge in [-0.2, -0.15) is 0 Å². The second-order valence-corrected chi connectivity index (χ2v) is 7.03. The molecule has 0 amide bonds. The van der Waals surface area contributed by atoms with Crippen LogP contribution in [-0.4, -0.2) is 25.0 Å². The zero-order chi connectivity index (χ0) is 14.3. The molecule has 0 unspecified atom stereocenters. The molecule has 0 bridgehead atoms. The molecule has 0 aliphatic heterocycles. The second kappa shape index (κ2) is 4.77. The quantitative estimate of drug-likeness (QED) is 0.893. The molecule has 1 saturated carbocycles. The Morgan fingerprint density at radius 3 is 2.53 bits per heavy atom. The van der Waals surface area contributed by atoms with Gasteiger partial charge < -0.3 is 5.11 Å². The van der Waals surface area contributed by atoms with Gasteiger partial charge in [0.25, 0.3) is 0 Å². The van der Waals surface area contributed by atoms with E-state index >= 15 is 0 Å². The Hall–Kier alpha value is -1.11. The summed E-state index contributed by atoms with van der Waals surface area (Å²) in [7, 11) is -3.81. The van der Waals surface area contributed by atoms with Crippen molar-refractivity contribution in [2.75, 3.05) is 0 Å². The molecule has 1 aliphatic carbocycles. The molecule has 7 heteroatoms. The number of halogens is 1. The van der Waals surface area contributed by atoms with E-state index in [4.69, 9.17) is 16.7 Å². The molecule has 5 nitrogen and oxygen atoms in total. The smallest absolute Gasteiger partial charge is 0.335 e. The highest BCUT2D eigenvalue weighted by Gasteiger charge is 2.36. The van der Waals surface area contributed by atoms with Crippen LogP contribution < -0.4 is 4.72 Å². The Labute approximate surface area is 116 Å².